The number of oxazole rings is 1. The highest BCUT2D eigenvalue weighted by atomic mass is 16.4. The first kappa shape index (κ1) is 8.29. The van der Waals surface area contributed by atoms with Crippen molar-refractivity contribution in [3.05, 3.63) is 46.9 Å². The largest absolute Gasteiger partial charge is 0.419 e. The summed E-state index contributed by atoms with van der Waals surface area (Å²) in [6.07, 6.45) is 0. The van der Waals surface area contributed by atoms with Gasteiger partial charge < -0.3 is 4.42 Å². The van der Waals surface area contributed by atoms with Crippen molar-refractivity contribution >= 4 is 21.9 Å². The van der Waals surface area contributed by atoms with Gasteiger partial charge in [-0.05, 0) is 22.9 Å². The summed E-state index contributed by atoms with van der Waals surface area (Å²) in [5.41, 5.74) is 1.47. The lowest BCUT2D eigenvalue weighted by Crippen LogP contribution is -2.08. The quantitative estimate of drug-likeness (QED) is 0.556. The summed E-state index contributed by atoms with van der Waals surface area (Å²) in [7, 11) is 1.71. The van der Waals surface area contributed by atoms with Crippen LogP contribution in [0.4, 0.5) is 0 Å². The molecule has 0 aliphatic heterocycles. The third-order valence-corrected chi connectivity index (χ3v) is 2.66. The molecule has 0 amide bonds. The van der Waals surface area contributed by atoms with Gasteiger partial charge in [0.1, 0.15) is 0 Å². The Hall–Kier alpha value is -2.03. The van der Waals surface area contributed by atoms with Gasteiger partial charge in [-0.2, -0.15) is 0 Å². The predicted octanol–water partition coefficient (Wildman–Crippen LogP) is 2.28. The molecule has 1 aromatic heterocycles. The Kier molecular flexibility index (Phi) is 1.51. The van der Waals surface area contributed by atoms with Gasteiger partial charge in [0.15, 0.2) is 5.58 Å². The highest BCUT2D eigenvalue weighted by Crippen LogP contribution is 2.21. The second-order valence-corrected chi connectivity index (χ2v) is 3.59. The molecular formula is C12H9NO2. The smallest absolute Gasteiger partial charge is 0.408 e. The van der Waals surface area contributed by atoms with Gasteiger partial charge in [0.25, 0.3) is 0 Å². The van der Waals surface area contributed by atoms with Gasteiger partial charge in [-0.1, -0.05) is 24.3 Å². The van der Waals surface area contributed by atoms with Crippen molar-refractivity contribution in [2.45, 2.75) is 0 Å². The number of aryl methyl sites for hydroxylation is 1. The van der Waals surface area contributed by atoms with E-state index < -0.39 is 0 Å². The van der Waals surface area contributed by atoms with Crippen LogP contribution >= 0.6 is 0 Å². The lowest BCUT2D eigenvalue weighted by atomic mass is 10.1. The zero-order valence-corrected chi connectivity index (χ0v) is 8.23. The molecule has 0 unspecified atom stereocenters. The Balaban J connectivity index is 2.58. The minimum atomic E-state index is -0.319. The monoisotopic (exact) mass is 199 g/mol. The Labute approximate surface area is 85.5 Å². The molecule has 3 nitrogen and oxygen atoms in total. The summed E-state index contributed by atoms with van der Waals surface area (Å²) in [4.78, 5) is 11.3. The summed E-state index contributed by atoms with van der Waals surface area (Å²) in [5, 5.41) is 2.20. The van der Waals surface area contributed by atoms with Crippen LogP contribution in [0.25, 0.3) is 21.9 Å². The van der Waals surface area contributed by atoms with E-state index in [2.05, 4.69) is 0 Å². The van der Waals surface area contributed by atoms with Crippen molar-refractivity contribution in [2.24, 2.45) is 7.05 Å². The Morgan fingerprint density at radius 3 is 2.53 bits per heavy atom. The van der Waals surface area contributed by atoms with Crippen LogP contribution in [-0.2, 0) is 7.05 Å². The molecule has 2 aromatic carbocycles. The average molecular weight is 199 g/mol. The van der Waals surface area contributed by atoms with Crippen LogP contribution in [0.2, 0.25) is 0 Å². The Bertz CT molecular complexity index is 706. The number of benzene rings is 2. The van der Waals surface area contributed by atoms with Gasteiger partial charge >= 0.3 is 5.76 Å². The van der Waals surface area contributed by atoms with E-state index in [0.717, 1.165) is 16.3 Å². The van der Waals surface area contributed by atoms with E-state index in [1.807, 2.05) is 36.4 Å². The normalized spacial score (nSPS) is 11.3. The van der Waals surface area contributed by atoms with Crippen LogP contribution in [0, 0.1) is 0 Å². The van der Waals surface area contributed by atoms with Crippen LogP contribution < -0.4 is 5.76 Å². The minimum Gasteiger partial charge on any atom is -0.408 e. The van der Waals surface area contributed by atoms with Gasteiger partial charge in [-0.3, -0.25) is 4.57 Å². The summed E-state index contributed by atoms with van der Waals surface area (Å²) >= 11 is 0. The van der Waals surface area contributed by atoms with E-state index in [1.54, 1.807) is 7.05 Å². The van der Waals surface area contributed by atoms with Crippen LogP contribution in [0.3, 0.4) is 0 Å². The lowest BCUT2D eigenvalue weighted by molar-refractivity contribution is 0.528. The molecule has 3 rings (SSSR count). The van der Waals surface area contributed by atoms with E-state index in [1.165, 1.54) is 4.57 Å². The zero-order valence-electron chi connectivity index (χ0n) is 8.23. The number of nitrogens with zero attached hydrogens (tertiary/aromatic N) is 1. The predicted molar refractivity (Wildman–Crippen MR) is 59.0 cm³/mol. The molecule has 0 fully saturated rings. The molecule has 0 aliphatic rings. The number of aromatic nitrogens is 1. The molecule has 0 saturated carbocycles. The molecule has 1 heterocycles. The second kappa shape index (κ2) is 2.73. The van der Waals surface area contributed by atoms with E-state index >= 15 is 0 Å². The summed E-state index contributed by atoms with van der Waals surface area (Å²) in [6, 6.07) is 11.8. The Morgan fingerprint density at radius 2 is 1.80 bits per heavy atom. The maximum Gasteiger partial charge on any atom is 0.419 e. The molecule has 0 bridgehead atoms. The van der Waals surface area contributed by atoms with Crippen molar-refractivity contribution in [1.29, 1.82) is 0 Å². The third-order valence-electron chi connectivity index (χ3n) is 2.66. The van der Waals surface area contributed by atoms with E-state index in [0.29, 0.717) is 5.58 Å². The first-order valence-electron chi connectivity index (χ1n) is 4.74. The van der Waals surface area contributed by atoms with E-state index in [9.17, 15) is 4.79 Å². The van der Waals surface area contributed by atoms with Gasteiger partial charge in [-0.15, -0.1) is 0 Å². The molecule has 74 valence electrons. The lowest BCUT2D eigenvalue weighted by Gasteiger charge is -1.97. The number of hydrogen-bond acceptors (Lipinski definition) is 2. The van der Waals surface area contributed by atoms with Gasteiger partial charge in [0, 0.05) is 7.05 Å². The fraction of sp³-hybridized carbons (Fsp3) is 0.0833. The SMILES string of the molecule is Cn1c(=O)oc2cc3ccccc3cc21. The number of fused-ring (bicyclic) bond motifs is 2. The van der Waals surface area contributed by atoms with Crippen molar-refractivity contribution in [1.82, 2.24) is 4.57 Å². The highest BCUT2D eigenvalue weighted by Gasteiger charge is 2.06. The van der Waals surface area contributed by atoms with Crippen LogP contribution in [-0.4, -0.2) is 4.57 Å². The summed E-state index contributed by atoms with van der Waals surface area (Å²) < 4.78 is 6.63. The maximum atomic E-state index is 11.3. The molecule has 3 aromatic rings. The van der Waals surface area contributed by atoms with Crippen LogP contribution in [0.1, 0.15) is 0 Å². The number of rotatable bonds is 0. The van der Waals surface area contributed by atoms with Gasteiger partial charge in [0.2, 0.25) is 0 Å². The van der Waals surface area contributed by atoms with E-state index in [4.69, 9.17) is 4.42 Å². The fourth-order valence-electron chi connectivity index (χ4n) is 1.81. The minimum absolute atomic E-state index is 0.319. The first-order chi connectivity index (χ1) is 7.25. The zero-order chi connectivity index (χ0) is 10.4. The second-order valence-electron chi connectivity index (χ2n) is 3.59. The summed E-state index contributed by atoms with van der Waals surface area (Å²) in [5.74, 6) is -0.319. The molecular weight excluding hydrogens is 190 g/mol. The molecule has 0 radical (unpaired) electrons. The van der Waals surface area contributed by atoms with Gasteiger partial charge in [0.05, 0.1) is 5.52 Å². The fourth-order valence-corrected chi connectivity index (χ4v) is 1.81. The molecule has 0 aliphatic carbocycles. The molecule has 0 N–H and O–H groups in total. The van der Waals surface area contributed by atoms with Gasteiger partial charge in [-0.25, -0.2) is 4.79 Å². The van der Waals surface area contributed by atoms with Crippen molar-refractivity contribution in [3.8, 4) is 0 Å². The highest BCUT2D eigenvalue weighted by molar-refractivity contribution is 5.94. The molecule has 0 spiro atoms. The van der Waals surface area contributed by atoms with Crippen molar-refractivity contribution in [3.63, 3.8) is 0 Å². The van der Waals surface area contributed by atoms with Crippen molar-refractivity contribution in [2.75, 3.05) is 0 Å². The third kappa shape index (κ3) is 1.09. The van der Waals surface area contributed by atoms with E-state index in [-0.39, 0.29) is 5.76 Å². The first-order valence-corrected chi connectivity index (χ1v) is 4.74. The molecule has 3 heteroatoms. The topological polar surface area (TPSA) is 35.1 Å². The standard InChI is InChI=1S/C12H9NO2/c1-13-10-6-8-4-2-3-5-9(8)7-11(10)15-12(13)14/h2-7H,1H3. The van der Waals surface area contributed by atoms with Crippen LogP contribution in [0.15, 0.2) is 45.6 Å². The Morgan fingerprint density at radius 1 is 1.13 bits per heavy atom. The maximum absolute atomic E-state index is 11.3. The van der Waals surface area contributed by atoms with Crippen LogP contribution in [0.5, 0.6) is 0 Å². The average Bonchev–Trinajstić information content (AvgIpc) is 2.52. The molecule has 0 atom stereocenters. The molecule has 0 saturated heterocycles. The number of hydrogen-bond donors (Lipinski definition) is 0. The summed E-state index contributed by atoms with van der Waals surface area (Å²) in [6.45, 7) is 0. The molecule has 15 heavy (non-hydrogen) atoms. The van der Waals surface area contributed by atoms with Crippen molar-refractivity contribution < 1.29 is 4.42 Å².